The number of nitrogens with one attached hydrogen (secondary N) is 2. The maximum Gasteiger partial charge on any atom is 0.191 e. The molecule has 1 heterocycles. The number of aliphatic hydroxyl groups excluding tert-OH is 1. The minimum atomic E-state index is -0.834. The fourth-order valence-corrected chi connectivity index (χ4v) is 3.01. The number of aromatic nitrogens is 2. The molecule has 2 rings (SSSR count). The van der Waals surface area contributed by atoms with Crippen molar-refractivity contribution in [2.75, 3.05) is 29.4 Å². The van der Waals surface area contributed by atoms with E-state index in [0.717, 1.165) is 0 Å². The van der Waals surface area contributed by atoms with Gasteiger partial charge >= 0.3 is 0 Å². The lowest BCUT2D eigenvalue weighted by Crippen LogP contribution is -2.08. The number of thioether (sulfide) groups is 1. The Kier molecular flexibility index (Phi) is 7.07. The van der Waals surface area contributed by atoms with E-state index < -0.39 is 11.6 Å². The van der Waals surface area contributed by atoms with Gasteiger partial charge in [-0.3, -0.25) is 0 Å². The summed E-state index contributed by atoms with van der Waals surface area (Å²) >= 11 is 2.59. The molecule has 2 aromatic rings. The van der Waals surface area contributed by atoms with Crippen LogP contribution in [-0.4, -0.2) is 34.5 Å². The first kappa shape index (κ1) is 18.8. The van der Waals surface area contributed by atoms with Gasteiger partial charge in [-0.15, -0.1) is 0 Å². The average Bonchev–Trinajstić information content (AvgIpc) is 2.57. The van der Waals surface area contributed by atoms with E-state index >= 15 is 0 Å². The average molecular weight is 372 g/mol. The second-order valence-corrected chi connectivity index (χ2v) is 6.39. The van der Waals surface area contributed by atoms with Gasteiger partial charge in [0.2, 0.25) is 0 Å². The van der Waals surface area contributed by atoms with Crippen LogP contribution in [-0.2, 0) is 5.75 Å². The number of hydrogen-bond acceptors (Lipinski definition) is 7. The summed E-state index contributed by atoms with van der Waals surface area (Å²) in [5, 5.41) is 12.3. The van der Waals surface area contributed by atoms with Crippen molar-refractivity contribution in [1.82, 2.24) is 9.97 Å². The van der Waals surface area contributed by atoms with E-state index in [1.165, 1.54) is 30.6 Å². The van der Waals surface area contributed by atoms with Gasteiger partial charge in [0.15, 0.2) is 16.8 Å². The highest BCUT2D eigenvalue weighted by Gasteiger charge is 2.12. The molecule has 24 heavy (non-hydrogen) atoms. The second-order valence-electron chi connectivity index (χ2n) is 4.84. The fraction of sp³-hybridized carbons (Fsp3) is 0.333. The summed E-state index contributed by atoms with van der Waals surface area (Å²) in [7, 11) is 0. The van der Waals surface area contributed by atoms with Crippen molar-refractivity contribution in [2.24, 2.45) is 0 Å². The lowest BCUT2D eigenvalue weighted by molar-refractivity contribution is 0.311. The van der Waals surface area contributed by atoms with E-state index in [1.54, 1.807) is 18.2 Å². The molecule has 0 amide bonds. The number of aliphatic hydroxyl groups is 1. The largest absolute Gasteiger partial charge is 0.395 e. The predicted octanol–water partition coefficient (Wildman–Crippen LogP) is 3.45. The van der Waals surface area contributed by atoms with Gasteiger partial charge in [0, 0.05) is 30.2 Å². The maximum atomic E-state index is 13.9. The molecule has 3 N–H and O–H groups in total. The second kappa shape index (κ2) is 9.05. The van der Waals surface area contributed by atoms with Crippen LogP contribution in [0.1, 0.15) is 11.1 Å². The molecule has 0 fully saturated rings. The molecule has 9 heteroatoms. The van der Waals surface area contributed by atoms with Crippen LogP contribution in [0, 0.1) is 18.6 Å². The van der Waals surface area contributed by atoms with Gasteiger partial charge < -0.3 is 15.1 Å². The molecule has 0 aliphatic carbocycles. The molecule has 0 radical (unpaired) electrons. The maximum absolute atomic E-state index is 13.9. The molecule has 0 aliphatic rings. The normalized spacial score (nSPS) is 10.7. The number of aryl methyl sites for hydroxylation is 1. The minimum Gasteiger partial charge on any atom is -0.395 e. The molecule has 0 unspecified atom stereocenters. The molecule has 0 spiro atoms. The molecule has 0 saturated heterocycles. The molecule has 0 atom stereocenters. The van der Waals surface area contributed by atoms with Gasteiger partial charge in [0.25, 0.3) is 0 Å². The van der Waals surface area contributed by atoms with Gasteiger partial charge in [-0.1, -0.05) is 35.8 Å². The Morgan fingerprint density at radius 3 is 2.62 bits per heavy atom. The van der Waals surface area contributed by atoms with E-state index in [0.29, 0.717) is 23.3 Å². The third-order valence-electron chi connectivity index (χ3n) is 3.04. The Balaban J connectivity index is 2.16. The van der Waals surface area contributed by atoms with Crippen molar-refractivity contribution in [2.45, 2.75) is 17.8 Å². The van der Waals surface area contributed by atoms with Crippen LogP contribution in [0.15, 0.2) is 23.4 Å². The number of benzene rings is 1. The highest BCUT2D eigenvalue weighted by Crippen LogP contribution is 2.26. The van der Waals surface area contributed by atoms with Crippen molar-refractivity contribution in [1.29, 1.82) is 0 Å². The Morgan fingerprint density at radius 1 is 1.17 bits per heavy atom. The number of hydrogen-bond donors (Lipinski definition) is 3. The lowest BCUT2D eigenvalue weighted by Gasteiger charge is -2.10. The standard InChI is InChI=1S/C15H18F2N4OS2/c1-9-3-4-10(14(17)13(9)16)8-24-15-19-11(18-5-6-22)7-12(20-15)21-23-2/h3-4,7,22H,5-6,8H2,1-2H3,(H2,18,19,20,21). The first-order valence-corrected chi connectivity index (χ1v) is 9.35. The number of anilines is 2. The van der Waals surface area contributed by atoms with Crippen LogP contribution in [0.3, 0.4) is 0 Å². The van der Waals surface area contributed by atoms with Gasteiger partial charge in [-0.2, -0.15) is 0 Å². The molecule has 0 bridgehead atoms. The highest BCUT2D eigenvalue weighted by molar-refractivity contribution is 7.99. The molecule has 1 aromatic carbocycles. The summed E-state index contributed by atoms with van der Waals surface area (Å²) in [5.74, 6) is -0.299. The monoisotopic (exact) mass is 372 g/mol. The first-order valence-electron chi connectivity index (χ1n) is 7.14. The van der Waals surface area contributed by atoms with Crippen LogP contribution in [0.2, 0.25) is 0 Å². The topological polar surface area (TPSA) is 70.1 Å². The summed E-state index contributed by atoms with van der Waals surface area (Å²) in [6.45, 7) is 1.86. The third-order valence-corrected chi connectivity index (χ3v) is 4.35. The smallest absolute Gasteiger partial charge is 0.191 e. The summed E-state index contributed by atoms with van der Waals surface area (Å²) in [5.41, 5.74) is 0.541. The third kappa shape index (κ3) is 4.96. The summed E-state index contributed by atoms with van der Waals surface area (Å²) in [6, 6.07) is 4.83. The van der Waals surface area contributed by atoms with Crippen LogP contribution in [0.4, 0.5) is 20.4 Å². The Bertz CT molecular complexity index is 703. The van der Waals surface area contributed by atoms with Gasteiger partial charge in [-0.05, 0) is 12.5 Å². The van der Waals surface area contributed by atoms with Crippen molar-refractivity contribution in [3.05, 3.63) is 41.0 Å². The van der Waals surface area contributed by atoms with Crippen molar-refractivity contribution < 1.29 is 13.9 Å². The van der Waals surface area contributed by atoms with Crippen LogP contribution in [0.25, 0.3) is 0 Å². The summed E-state index contributed by atoms with van der Waals surface area (Å²) in [6.07, 6.45) is 1.86. The van der Waals surface area contributed by atoms with Crippen molar-refractivity contribution in [3.63, 3.8) is 0 Å². The molecular formula is C15H18F2N4OS2. The summed E-state index contributed by atoms with van der Waals surface area (Å²) in [4.78, 5) is 8.62. The quantitative estimate of drug-likeness (QED) is 0.372. The number of nitrogens with zero attached hydrogens (tertiary/aromatic N) is 2. The zero-order valence-corrected chi connectivity index (χ0v) is 14.9. The van der Waals surface area contributed by atoms with E-state index in [1.807, 2.05) is 6.26 Å². The van der Waals surface area contributed by atoms with E-state index in [9.17, 15) is 8.78 Å². The van der Waals surface area contributed by atoms with Crippen LogP contribution >= 0.6 is 23.7 Å². The highest BCUT2D eigenvalue weighted by atomic mass is 32.2. The van der Waals surface area contributed by atoms with Crippen molar-refractivity contribution >= 4 is 35.3 Å². The van der Waals surface area contributed by atoms with Gasteiger partial charge in [0.1, 0.15) is 11.6 Å². The number of halogens is 2. The lowest BCUT2D eigenvalue weighted by atomic mass is 10.1. The molecule has 5 nitrogen and oxygen atoms in total. The zero-order chi connectivity index (χ0) is 17.5. The Labute approximate surface area is 147 Å². The molecule has 0 aliphatic heterocycles. The SMILES string of the molecule is CSNc1cc(NCCO)nc(SCc2ccc(C)c(F)c2F)n1. The van der Waals surface area contributed by atoms with Crippen LogP contribution < -0.4 is 10.0 Å². The first-order chi connectivity index (χ1) is 11.5. The van der Waals surface area contributed by atoms with Crippen molar-refractivity contribution in [3.8, 4) is 0 Å². The predicted molar refractivity (Wildman–Crippen MR) is 95.4 cm³/mol. The van der Waals surface area contributed by atoms with Gasteiger partial charge in [0.05, 0.1) is 6.61 Å². The molecule has 1 aromatic heterocycles. The van der Waals surface area contributed by atoms with E-state index in [2.05, 4.69) is 20.0 Å². The summed E-state index contributed by atoms with van der Waals surface area (Å²) < 4.78 is 30.6. The molecular weight excluding hydrogens is 354 g/mol. The number of rotatable bonds is 8. The molecule has 130 valence electrons. The van der Waals surface area contributed by atoms with E-state index in [4.69, 9.17) is 5.11 Å². The van der Waals surface area contributed by atoms with E-state index in [-0.39, 0.29) is 23.5 Å². The minimum absolute atomic E-state index is 0.0222. The fourth-order valence-electron chi connectivity index (χ4n) is 1.86. The van der Waals surface area contributed by atoms with Crippen LogP contribution in [0.5, 0.6) is 0 Å². The molecule has 0 saturated carbocycles. The Hall–Kier alpha value is -1.58. The van der Waals surface area contributed by atoms with Gasteiger partial charge in [-0.25, -0.2) is 18.7 Å². The zero-order valence-electron chi connectivity index (χ0n) is 13.3. The Morgan fingerprint density at radius 2 is 1.92 bits per heavy atom.